The number of thiophene rings is 1. The Bertz CT molecular complexity index is 2380. The third-order valence-corrected chi connectivity index (χ3v) is 11.5. The number of nitrogens with zero attached hydrogens (tertiary/aromatic N) is 1. The highest BCUT2D eigenvalue weighted by Gasteiger charge is 2.43. The summed E-state index contributed by atoms with van der Waals surface area (Å²) in [5, 5.41) is 2.68. The molecule has 47 heavy (non-hydrogen) atoms. The Labute approximate surface area is 282 Å². The van der Waals surface area contributed by atoms with Crippen LogP contribution in [0, 0.1) is 0 Å². The Morgan fingerprint density at radius 2 is 1.21 bits per heavy atom. The van der Waals surface area contributed by atoms with E-state index in [-0.39, 0.29) is 17.5 Å². The van der Waals surface area contributed by atoms with Crippen LogP contribution in [0.5, 0.6) is 0 Å². The van der Waals surface area contributed by atoms with Gasteiger partial charge in [-0.2, -0.15) is 0 Å². The van der Waals surface area contributed by atoms with Crippen LogP contribution >= 0.6 is 11.3 Å². The van der Waals surface area contributed by atoms with Crippen molar-refractivity contribution >= 4 is 71.7 Å². The molecule has 0 unspecified atom stereocenters. The third kappa shape index (κ3) is 4.36. The number of fused-ring (bicyclic) bond motifs is 8. The van der Waals surface area contributed by atoms with Crippen molar-refractivity contribution in [2.24, 2.45) is 0 Å². The van der Waals surface area contributed by atoms with Crippen molar-refractivity contribution in [2.45, 2.75) is 52.4 Å². The lowest BCUT2D eigenvalue weighted by molar-refractivity contribution is 0.590. The molecule has 9 rings (SSSR count). The van der Waals surface area contributed by atoms with E-state index in [1.54, 1.807) is 0 Å². The topological polar surface area (TPSA) is 3.24 Å². The Hall–Kier alpha value is -4.60. The maximum Gasteiger partial charge on any atom is 0.248 e. The molecule has 0 fully saturated rings. The number of rotatable bonds is 2. The molecule has 2 aliphatic rings. The molecule has 6 aromatic carbocycles. The maximum absolute atomic E-state index is 2.54. The number of hydrogen-bond donors (Lipinski definition) is 0. The molecular formula is C44H38BNS. The van der Waals surface area contributed by atoms with E-state index in [9.17, 15) is 0 Å². The smallest absolute Gasteiger partial charge is 0.248 e. The Morgan fingerprint density at radius 1 is 0.511 bits per heavy atom. The molecule has 7 aromatic rings. The first kappa shape index (κ1) is 28.6. The number of hydrogen-bond acceptors (Lipinski definition) is 2. The van der Waals surface area contributed by atoms with E-state index in [1.165, 1.54) is 87.0 Å². The molecule has 1 aromatic heterocycles. The molecule has 2 aliphatic heterocycles. The minimum atomic E-state index is 0.0593. The Balaban J connectivity index is 1.33. The second kappa shape index (κ2) is 9.95. The first-order chi connectivity index (χ1) is 22.6. The quantitative estimate of drug-likeness (QED) is 0.173. The Morgan fingerprint density at radius 3 is 2.00 bits per heavy atom. The van der Waals surface area contributed by atoms with Gasteiger partial charge in [0.25, 0.3) is 0 Å². The second-order valence-electron chi connectivity index (χ2n) is 15.4. The summed E-state index contributed by atoms with van der Waals surface area (Å²) in [6.45, 7) is 14.0. The average Bonchev–Trinajstić information content (AvgIpc) is 3.60. The van der Waals surface area contributed by atoms with E-state index in [2.05, 4.69) is 168 Å². The van der Waals surface area contributed by atoms with Crippen molar-refractivity contribution in [3.63, 3.8) is 0 Å². The fourth-order valence-corrected chi connectivity index (χ4v) is 8.95. The standard InChI is InChI=1S/C44H38BNS/c1-43(2,3)29-16-19-31(20-17-29)46-38-21-18-30(44(4,5)6)26-37(38)45-36-13-9-7-11-32(36)35-24-28(25-39(46)42(35)45)27-15-22-41-34(23-27)33-12-8-10-14-40(33)47-41/h7-26H,1-6H3. The van der Waals surface area contributed by atoms with Gasteiger partial charge in [-0.1, -0.05) is 120 Å². The van der Waals surface area contributed by atoms with Crippen LogP contribution in [-0.4, -0.2) is 6.71 Å². The molecule has 0 saturated heterocycles. The fourth-order valence-electron chi connectivity index (χ4n) is 7.87. The van der Waals surface area contributed by atoms with Crippen LogP contribution in [0.1, 0.15) is 52.7 Å². The molecule has 0 spiro atoms. The summed E-state index contributed by atoms with van der Waals surface area (Å²) >= 11 is 1.88. The zero-order valence-electron chi connectivity index (χ0n) is 28.0. The van der Waals surface area contributed by atoms with Gasteiger partial charge in [-0.05, 0) is 104 Å². The van der Waals surface area contributed by atoms with Gasteiger partial charge < -0.3 is 4.90 Å². The van der Waals surface area contributed by atoms with Crippen molar-refractivity contribution in [2.75, 3.05) is 4.90 Å². The zero-order valence-corrected chi connectivity index (χ0v) is 28.8. The second-order valence-corrected chi connectivity index (χ2v) is 16.5. The molecule has 0 atom stereocenters. The first-order valence-electron chi connectivity index (χ1n) is 16.8. The van der Waals surface area contributed by atoms with Crippen LogP contribution in [0.25, 0.3) is 42.4 Å². The highest BCUT2D eigenvalue weighted by Crippen LogP contribution is 2.45. The van der Waals surface area contributed by atoms with E-state index >= 15 is 0 Å². The molecule has 0 amide bonds. The predicted octanol–water partition coefficient (Wildman–Crippen LogP) is 10.6. The minimum Gasteiger partial charge on any atom is -0.311 e. The molecule has 0 aliphatic carbocycles. The zero-order chi connectivity index (χ0) is 32.2. The highest BCUT2D eigenvalue weighted by atomic mass is 32.1. The molecule has 0 N–H and O–H groups in total. The van der Waals surface area contributed by atoms with Crippen molar-refractivity contribution in [3.05, 3.63) is 132 Å². The van der Waals surface area contributed by atoms with Crippen LogP contribution in [-0.2, 0) is 10.8 Å². The number of anilines is 3. The van der Waals surface area contributed by atoms with Gasteiger partial charge in [-0.25, -0.2) is 0 Å². The van der Waals surface area contributed by atoms with Crippen LogP contribution in [0.2, 0.25) is 0 Å². The van der Waals surface area contributed by atoms with Gasteiger partial charge in [-0.3, -0.25) is 0 Å². The van der Waals surface area contributed by atoms with Crippen molar-refractivity contribution < 1.29 is 0 Å². The number of benzene rings is 6. The monoisotopic (exact) mass is 623 g/mol. The van der Waals surface area contributed by atoms with Gasteiger partial charge in [0.2, 0.25) is 6.71 Å². The van der Waals surface area contributed by atoms with Crippen LogP contribution in [0.4, 0.5) is 17.1 Å². The van der Waals surface area contributed by atoms with Gasteiger partial charge in [0.05, 0.1) is 0 Å². The van der Waals surface area contributed by atoms with Crippen molar-refractivity contribution in [1.29, 1.82) is 0 Å². The molecule has 0 radical (unpaired) electrons. The first-order valence-corrected chi connectivity index (χ1v) is 17.6. The van der Waals surface area contributed by atoms with Crippen molar-refractivity contribution in [1.82, 2.24) is 0 Å². The van der Waals surface area contributed by atoms with Crippen molar-refractivity contribution in [3.8, 4) is 22.3 Å². The lowest BCUT2D eigenvalue weighted by Crippen LogP contribution is -2.55. The Kier molecular flexibility index (Phi) is 6.06. The maximum atomic E-state index is 2.54. The van der Waals surface area contributed by atoms with E-state index in [0.717, 1.165) is 0 Å². The van der Waals surface area contributed by atoms with Gasteiger partial charge in [0.15, 0.2) is 0 Å². The summed E-state index contributed by atoms with van der Waals surface area (Å²) in [7, 11) is 0. The summed E-state index contributed by atoms with van der Waals surface area (Å²) in [4.78, 5) is 2.54. The molecule has 1 nitrogen and oxygen atoms in total. The van der Waals surface area contributed by atoms with E-state index < -0.39 is 0 Å². The lowest BCUT2D eigenvalue weighted by atomic mass is 9.37. The molecule has 228 valence electrons. The normalized spacial score (nSPS) is 13.7. The summed E-state index contributed by atoms with van der Waals surface area (Å²) in [6, 6.07) is 46.4. The van der Waals surface area contributed by atoms with E-state index in [1.807, 2.05) is 11.3 Å². The minimum absolute atomic E-state index is 0.0593. The molecule has 0 bridgehead atoms. The van der Waals surface area contributed by atoms with Crippen LogP contribution in [0.3, 0.4) is 0 Å². The van der Waals surface area contributed by atoms with Gasteiger partial charge in [0.1, 0.15) is 0 Å². The lowest BCUT2D eigenvalue weighted by Gasteiger charge is -2.37. The average molecular weight is 624 g/mol. The van der Waals surface area contributed by atoms with E-state index in [4.69, 9.17) is 0 Å². The summed E-state index contributed by atoms with van der Waals surface area (Å²) in [5.74, 6) is 0. The predicted molar refractivity (Wildman–Crippen MR) is 207 cm³/mol. The van der Waals surface area contributed by atoms with Gasteiger partial charge >= 0.3 is 0 Å². The highest BCUT2D eigenvalue weighted by molar-refractivity contribution is 7.25. The molecular weight excluding hydrogens is 585 g/mol. The van der Waals surface area contributed by atoms with Gasteiger partial charge in [0, 0.05) is 37.2 Å². The molecule has 0 saturated carbocycles. The third-order valence-electron chi connectivity index (χ3n) is 10.4. The van der Waals surface area contributed by atoms with E-state index in [0.29, 0.717) is 0 Å². The molecule has 3 heteroatoms. The fraction of sp³-hybridized carbons (Fsp3) is 0.182. The van der Waals surface area contributed by atoms with Crippen LogP contribution < -0.4 is 21.3 Å². The van der Waals surface area contributed by atoms with Crippen LogP contribution in [0.15, 0.2) is 121 Å². The summed E-state index contributed by atoms with van der Waals surface area (Å²) in [5.41, 5.74) is 16.1. The van der Waals surface area contributed by atoms with Gasteiger partial charge in [-0.15, -0.1) is 11.3 Å². The summed E-state index contributed by atoms with van der Waals surface area (Å²) < 4.78 is 2.68. The molecule has 3 heterocycles. The SMILES string of the molecule is CC(C)(C)c1ccc(N2c3ccc(C(C)(C)C)cc3B3c4ccccc4-c4cc(-c5ccc6sc7ccccc7c6c5)cc2c43)cc1. The summed E-state index contributed by atoms with van der Waals surface area (Å²) in [6.07, 6.45) is 0. The largest absolute Gasteiger partial charge is 0.311 e.